The van der Waals surface area contributed by atoms with Crippen molar-refractivity contribution in [2.45, 2.75) is 18.8 Å². The van der Waals surface area contributed by atoms with Crippen molar-refractivity contribution in [2.75, 3.05) is 5.32 Å². The molecular formula is C14H11BrN2O4. The van der Waals surface area contributed by atoms with Crippen LogP contribution in [0.5, 0.6) is 0 Å². The first kappa shape index (κ1) is 13.8. The number of carboxylic acid groups (broad SMARTS) is 1. The predicted octanol–water partition coefficient (Wildman–Crippen LogP) is 3.27. The zero-order valence-corrected chi connectivity index (χ0v) is 12.4. The molecule has 7 heteroatoms. The minimum atomic E-state index is -1.12. The average Bonchev–Trinajstić information content (AvgIpc) is 3.18. The molecule has 0 atom stereocenters. The zero-order chi connectivity index (χ0) is 15.0. The molecule has 21 heavy (non-hydrogen) atoms. The largest absolute Gasteiger partial charge is 0.478 e. The van der Waals surface area contributed by atoms with Gasteiger partial charge < -0.3 is 14.9 Å². The van der Waals surface area contributed by atoms with E-state index >= 15 is 0 Å². The van der Waals surface area contributed by atoms with Crippen LogP contribution in [0.3, 0.4) is 0 Å². The first-order valence-corrected chi connectivity index (χ1v) is 7.14. The number of hydrogen-bond donors (Lipinski definition) is 2. The molecule has 1 aliphatic rings. The zero-order valence-electron chi connectivity index (χ0n) is 10.8. The maximum atomic E-state index is 12.1. The number of carbonyl (C=O) groups is 2. The molecule has 2 N–H and O–H groups in total. The molecule has 2 aromatic rings. The highest BCUT2D eigenvalue weighted by Gasteiger charge is 2.29. The van der Waals surface area contributed by atoms with Crippen LogP contribution in [0.4, 0.5) is 5.69 Å². The summed E-state index contributed by atoms with van der Waals surface area (Å²) in [6.45, 7) is 0. The van der Waals surface area contributed by atoms with Gasteiger partial charge in [-0.2, -0.15) is 0 Å². The quantitative estimate of drug-likeness (QED) is 0.882. The van der Waals surface area contributed by atoms with Crippen LogP contribution in [0.25, 0.3) is 0 Å². The van der Waals surface area contributed by atoms with Crippen LogP contribution < -0.4 is 5.32 Å². The summed E-state index contributed by atoms with van der Waals surface area (Å²) in [4.78, 5) is 23.3. The molecule has 6 nitrogen and oxygen atoms in total. The summed E-state index contributed by atoms with van der Waals surface area (Å²) in [7, 11) is 0. The monoisotopic (exact) mass is 350 g/mol. The lowest BCUT2D eigenvalue weighted by atomic mass is 10.1. The Morgan fingerprint density at radius 3 is 2.76 bits per heavy atom. The lowest BCUT2D eigenvalue weighted by Crippen LogP contribution is -2.15. The van der Waals surface area contributed by atoms with E-state index in [9.17, 15) is 9.59 Å². The van der Waals surface area contributed by atoms with Crippen LogP contribution >= 0.6 is 15.9 Å². The summed E-state index contributed by atoms with van der Waals surface area (Å²) < 4.78 is 5.73. The van der Waals surface area contributed by atoms with Crippen molar-refractivity contribution in [3.05, 3.63) is 45.8 Å². The Kier molecular flexibility index (Phi) is 3.50. The second kappa shape index (κ2) is 5.33. The van der Waals surface area contributed by atoms with E-state index in [4.69, 9.17) is 9.63 Å². The van der Waals surface area contributed by atoms with E-state index in [1.54, 1.807) is 12.1 Å². The van der Waals surface area contributed by atoms with Gasteiger partial charge in [0.1, 0.15) is 5.76 Å². The van der Waals surface area contributed by atoms with E-state index in [0.29, 0.717) is 16.2 Å². The van der Waals surface area contributed by atoms with Gasteiger partial charge in [0.15, 0.2) is 5.69 Å². The number of amides is 1. The lowest BCUT2D eigenvalue weighted by molar-refractivity contribution is 0.0698. The number of nitrogens with one attached hydrogen (secondary N) is 1. The number of halogens is 1. The van der Waals surface area contributed by atoms with Crippen LogP contribution in [-0.2, 0) is 0 Å². The molecule has 108 valence electrons. The van der Waals surface area contributed by atoms with E-state index in [1.807, 2.05) is 0 Å². The molecule has 0 spiro atoms. The second-order valence-corrected chi connectivity index (χ2v) is 5.75. The molecule has 3 rings (SSSR count). The van der Waals surface area contributed by atoms with Crippen LogP contribution in [0.2, 0.25) is 0 Å². The number of aromatic carboxylic acids is 1. The van der Waals surface area contributed by atoms with E-state index < -0.39 is 11.9 Å². The predicted molar refractivity (Wildman–Crippen MR) is 77.5 cm³/mol. The van der Waals surface area contributed by atoms with Crippen LogP contribution in [0.1, 0.15) is 45.4 Å². The molecule has 1 amide bonds. The van der Waals surface area contributed by atoms with Gasteiger partial charge in [0, 0.05) is 16.5 Å². The number of anilines is 1. The molecule has 1 saturated carbocycles. The molecule has 1 aliphatic carbocycles. The van der Waals surface area contributed by atoms with Gasteiger partial charge in [-0.15, -0.1) is 0 Å². The molecular weight excluding hydrogens is 340 g/mol. The number of aromatic nitrogens is 1. The Morgan fingerprint density at radius 2 is 2.10 bits per heavy atom. The Labute approximate surface area is 128 Å². The summed E-state index contributed by atoms with van der Waals surface area (Å²) in [5.41, 5.74) is 0.367. The van der Waals surface area contributed by atoms with E-state index in [0.717, 1.165) is 12.8 Å². The van der Waals surface area contributed by atoms with Gasteiger partial charge in [0.25, 0.3) is 5.91 Å². The van der Waals surface area contributed by atoms with Crippen molar-refractivity contribution in [3.63, 3.8) is 0 Å². The van der Waals surface area contributed by atoms with Gasteiger partial charge in [-0.05, 0) is 31.0 Å². The summed E-state index contributed by atoms with van der Waals surface area (Å²) in [5.74, 6) is -0.545. The van der Waals surface area contributed by atoms with Crippen LogP contribution in [0.15, 0.2) is 33.3 Å². The van der Waals surface area contributed by atoms with Gasteiger partial charge in [-0.1, -0.05) is 21.1 Å². The lowest BCUT2D eigenvalue weighted by Gasteiger charge is -2.07. The maximum absolute atomic E-state index is 12.1. The fourth-order valence-electron chi connectivity index (χ4n) is 1.95. The standard InChI is InChI=1S/C14H11BrN2O4/c15-8-3-4-10(9(5-8)14(19)20)16-13(18)11-6-12(21-17-11)7-1-2-7/h3-7H,1-2H2,(H,16,18)(H,19,20). The van der Waals surface area contributed by atoms with Crippen molar-refractivity contribution in [1.29, 1.82) is 0 Å². The molecule has 0 saturated heterocycles. The molecule has 0 unspecified atom stereocenters. The fourth-order valence-corrected chi connectivity index (χ4v) is 2.31. The SMILES string of the molecule is O=C(Nc1ccc(Br)cc1C(=O)O)c1cc(C2CC2)on1. The van der Waals surface area contributed by atoms with Gasteiger partial charge in [0.05, 0.1) is 11.3 Å². The van der Waals surface area contributed by atoms with E-state index in [2.05, 4.69) is 26.4 Å². The van der Waals surface area contributed by atoms with Gasteiger partial charge in [-0.3, -0.25) is 4.79 Å². The Bertz CT molecular complexity index is 722. The maximum Gasteiger partial charge on any atom is 0.337 e. The summed E-state index contributed by atoms with van der Waals surface area (Å²) in [5, 5.41) is 15.4. The molecule has 1 aromatic heterocycles. The van der Waals surface area contributed by atoms with Gasteiger partial charge in [-0.25, -0.2) is 4.79 Å². The molecule has 1 fully saturated rings. The third kappa shape index (κ3) is 2.97. The number of benzene rings is 1. The number of carboxylic acids is 1. The Hall–Kier alpha value is -2.15. The minimum Gasteiger partial charge on any atom is -0.478 e. The third-order valence-corrected chi connectivity index (χ3v) is 3.69. The first-order valence-electron chi connectivity index (χ1n) is 6.35. The fraction of sp³-hybridized carbons (Fsp3) is 0.214. The Balaban J connectivity index is 1.81. The minimum absolute atomic E-state index is 0.00337. The van der Waals surface area contributed by atoms with Gasteiger partial charge in [0.2, 0.25) is 0 Å². The highest BCUT2D eigenvalue weighted by Crippen LogP contribution is 2.40. The number of rotatable bonds is 4. The molecule has 0 radical (unpaired) electrons. The Morgan fingerprint density at radius 1 is 1.33 bits per heavy atom. The second-order valence-electron chi connectivity index (χ2n) is 4.84. The van der Waals surface area contributed by atoms with E-state index in [1.165, 1.54) is 12.1 Å². The van der Waals surface area contributed by atoms with Crippen molar-refractivity contribution >= 4 is 33.5 Å². The highest BCUT2D eigenvalue weighted by atomic mass is 79.9. The smallest absolute Gasteiger partial charge is 0.337 e. The average molecular weight is 351 g/mol. The topological polar surface area (TPSA) is 92.4 Å². The van der Waals surface area contributed by atoms with E-state index in [-0.39, 0.29) is 16.9 Å². The molecule has 0 bridgehead atoms. The third-order valence-electron chi connectivity index (χ3n) is 3.20. The van der Waals surface area contributed by atoms with Crippen molar-refractivity contribution in [2.24, 2.45) is 0 Å². The van der Waals surface area contributed by atoms with Crippen LogP contribution in [-0.4, -0.2) is 22.1 Å². The van der Waals surface area contributed by atoms with Crippen molar-refractivity contribution in [3.8, 4) is 0 Å². The highest BCUT2D eigenvalue weighted by molar-refractivity contribution is 9.10. The van der Waals surface area contributed by atoms with Crippen LogP contribution in [0, 0.1) is 0 Å². The summed E-state index contributed by atoms with van der Waals surface area (Å²) in [6, 6.07) is 6.20. The summed E-state index contributed by atoms with van der Waals surface area (Å²) >= 11 is 3.20. The number of carbonyl (C=O) groups excluding carboxylic acids is 1. The summed E-state index contributed by atoms with van der Waals surface area (Å²) in [6.07, 6.45) is 2.10. The van der Waals surface area contributed by atoms with Crippen molar-refractivity contribution < 1.29 is 19.2 Å². The number of nitrogens with zero attached hydrogens (tertiary/aromatic N) is 1. The molecule has 1 aromatic carbocycles. The molecule has 0 aliphatic heterocycles. The molecule has 1 heterocycles. The normalized spacial score (nSPS) is 14.0. The number of hydrogen-bond acceptors (Lipinski definition) is 4. The van der Waals surface area contributed by atoms with Crippen molar-refractivity contribution in [1.82, 2.24) is 5.16 Å². The van der Waals surface area contributed by atoms with Gasteiger partial charge >= 0.3 is 5.97 Å². The first-order chi connectivity index (χ1) is 10.0.